The molecule has 0 radical (unpaired) electrons. The zero-order valence-electron chi connectivity index (χ0n) is 18.0. The maximum absolute atomic E-state index is 12.9. The molecular formula is C22H31N5O2. The molecule has 0 aromatic carbocycles. The molecule has 3 aromatic heterocycles. The molecular weight excluding hydrogens is 366 g/mol. The van der Waals surface area contributed by atoms with Crippen molar-refractivity contribution in [3.8, 4) is 0 Å². The molecule has 29 heavy (non-hydrogen) atoms. The van der Waals surface area contributed by atoms with Crippen LogP contribution in [0, 0.1) is 6.92 Å². The van der Waals surface area contributed by atoms with Gasteiger partial charge in [-0.1, -0.05) is 19.9 Å². The van der Waals surface area contributed by atoms with Gasteiger partial charge in [0.1, 0.15) is 17.0 Å². The summed E-state index contributed by atoms with van der Waals surface area (Å²) in [7, 11) is 1.78. The van der Waals surface area contributed by atoms with Crippen LogP contribution >= 0.6 is 0 Å². The molecule has 0 aliphatic carbocycles. The maximum atomic E-state index is 12.9. The quantitative estimate of drug-likeness (QED) is 0.634. The number of pyridine rings is 1. The SMILES string of the molecule is CCN(CC)CCC[C@H](C)NC(=O)c1cc2c(=O)n3cccc(C)c3nc2n1C. The molecule has 0 saturated carbocycles. The molecule has 0 aliphatic heterocycles. The van der Waals surface area contributed by atoms with Crippen LogP contribution in [-0.2, 0) is 7.05 Å². The summed E-state index contributed by atoms with van der Waals surface area (Å²) in [6.07, 6.45) is 3.66. The number of fused-ring (bicyclic) bond motifs is 2. The Morgan fingerprint density at radius 2 is 2.00 bits per heavy atom. The first-order chi connectivity index (χ1) is 13.9. The largest absolute Gasteiger partial charge is 0.348 e. The van der Waals surface area contributed by atoms with E-state index in [0.717, 1.165) is 38.0 Å². The number of aryl methyl sites for hydroxylation is 2. The van der Waals surface area contributed by atoms with Gasteiger partial charge in [0.05, 0.1) is 5.39 Å². The van der Waals surface area contributed by atoms with E-state index in [4.69, 9.17) is 0 Å². The Hall–Kier alpha value is -2.67. The van der Waals surface area contributed by atoms with E-state index >= 15 is 0 Å². The highest BCUT2D eigenvalue weighted by Crippen LogP contribution is 2.16. The van der Waals surface area contributed by atoms with Crippen LogP contribution in [0.25, 0.3) is 16.7 Å². The summed E-state index contributed by atoms with van der Waals surface area (Å²) < 4.78 is 3.25. The summed E-state index contributed by atoms with van der Waals surface area (Å²) in [6.45, 7) is 11.4. The summed E-state index contributed by atoms with van der Waals surface area (Å²) in [5.41, 5.74) is 2.36. The zero-order chi connectivity index (χ0) is 21.1. The molecule has 0 spiro atoms. The molecule has 156 valence electrons. The molecule has 3 heterocycles. The van der Waals surface area contributed by atoms with Gasteiger partial charge in [-0.15, -0.1) is 0 Å². The number of nitrogens with one attached hydrogen (secondary N) is 1. The summed E-state index contributed by atoms with van der Waals surface area (Å²) in [5, 5.41) is 3.52. The molecule has 3 rings (SSSR count). The van der Waals surface area contributed by atoms with Crippen molar-refractivity contribution >= 4 is 22.6 Å². The van der Waals surface area contributed by atoms with E-state index < -0.39 is 0 Å². The topological polar surface area (TPSA) is 71.6 Å². The number of carbonyl (C=O) groups is 1. The first kappa shape index (κ1) is 21.0. The lowest BCUT2D eigenvalue weighted by molar-refractivity contribution is 0.0929. The highest BCUT2D eigenvalue weighted by molar-refractivity contribution is 5.98. The summed E-state index contributed by atoms with van der Waals surface area (Å²) in [4.78, 5) is 32.8. The fourth-order valence-electron chi connectivity index (χ4n) is 3.78. The average molecular weight is 398 g/mol. The van der Waals surface area contributed by atoms with Gasteiger partial charge in [-0.25, -0.2) is 4.98 Å². The Balaban J connectivity index is 1.81. The van der Waals surface area contributed by atoms with Crippen LogP contribution in [0.1, 0.15) is 49.7 Å². The van der Waals surface area contributed by atoms with Gasteiger partial charge in [0, 0.05) is 19.3 Å². The first-order valence-electron chi connectivity index (χ1n) is 10.4. The van der Waals surface area contributed by atoms with Gasteiger partial charge < -0.3 is 14.8 Å². The van der Waals surface area contributed by atoms with E-state index in [1.807, 2.05) is 26.0 Å². The third-order valence-corrected chi connectivity index (χ3v) is 5.64. The molecule has 1 N–H and O–H groups in total. The minimum atomic E-state index is -0.175. The van der Waals surface area contributed by atoms with Crippen LogP contribution in [0.3, 0.4) is 0 Å². The van der Waals surface area contributed by atoms with Gasteiger partial charge in [-0.05, 0) is 64.0 Å². The van der Waals surface area contributed by atoms with E-state index in [1.54, 1.807) is 23.9 Å². The van der Waals surface area contributed by atoms with Gasteiger partial charge in [0.25, 0.3) is 11.5 Å². The first-order valence-corrected chi connectivity index (χ1v) is 10.4. The number of hydrogen-bond acceptors (Lipinski definition) is 4. The van der Waals surface area contributed by atoms with Crippen molar-refractivity contribution in [2.75, 3.05) is 19.6 Å². The van der Waals surface area contributed by atoms with Gasteiger partial charge in [0.15, 0.2) is 0 Å². The second kappa shape index (κ2) is 8.78. The van der Waals surface area contributed by atoms with E-state index in [2.05, 4.69) is 29.0 Å². The fourth-order valence-corrected chi connectivity index (χ4v) is 3.78. The number of rotatable bonds is 8. The van der Waals surface area contributed by atoms with Crippen molar-refractivity contribution in [1.82, 2.24) is 24.2 Å². The van der Waals surface area contributed by atoms with Crippen molar-refractivity contribution in [2.24, 2.45) is 7.05 Å². The monoisotopic (exact) mass is 397 g/mol. The smallest absolute Gasteiger partial charge is 0.268 e. The molecule has 7 heteroatoms. The van der Waals surface area contributed by atoms with Crippen LogP contribution in [0.5, 0.6) is 0 Å². The Labute approximate surface area is 171 Å². The van der Waals surface area contributed by atoms with Crippen molar-refractivity contribution < 1.29 is 4.79 Å². The van der Waals surface area contributed by atoms with Gasteiger partial charge in [0.2, 0.25) is 0 Å². The molecule has 0 aliphatic rings. The number of hydrogen-bond donors (Lipinski definition) is 1. The van der Waals surface area contributed by atoms with Crippen molar-refractivity contribution in [3.63, 3.8) is 0 Å². The molecule has 0 saturated heterocycles. The van der Waals surface area contributed by atoms with E-state index in [9.17, 15) is 9.59 Å². The highest BCUT2D eigenvalue weighted by Gasteiger charge is 2.19. The number of carbonyl (C=O) groups excluding carboxylic acids is 1. The molecule has 7 nitrogen and oxygen atoms in total. The summed E-state index contributed by atoms with van der Waals surface area (Å²) in [5.74, 6) is -0.175. The Morgan fingerprint density at radius 1 is 1.28 bits per heavy atom. The van der Waals surface area contributed by atoms with Crippen molar-refractivity contribution in [1.29, 1.82) is 0 Å². The van der Waals surface area contributed by atoms with Crippen molar-refractivity contribution in [2.45, 2.75) is 46.6 Å². The van der Waals surface area contributed by atoms with Crippen LogP contribution < -0.4 is 10.9 Å². The predicted octanol–water partition coefficient (Wildman–Crippen LogP) is 2.73. The van der Waals surface area contributed by atoms with Gasteiger partial charge in [-0.3, -0.25) is 14.0 Å². The normalized spacial score (nSPS) is 12.8. The van der Waals surface area contributed by atoms with Crippen LogP contribution in [0.2, 0.25) is 0 Å². The molecule has 1 amide bonds. The van der Waals surface area contributed by atoms with E-state index in [-0.39, 0.29) is 17.5 Å². The van der Waals surface area contributed by atoms with Crippen LogP contribution in [0.15, 0.2) is 29.2 Å². The molecule has 3 aromatic rings. The van der Waals surface area contributed by atoms with Crippen molar-refractivity contribution in [3.05, 3.63) is 46.0 Å². The second-order valence-corrected chi connectivity index (χ2v) is 7.67. The lowest BCUT2D eigenvalue weighted by Crippen LogP contribution is -2.34. The van der Waals surface area contributed by atoms with Crippen LogP contribution in [0.4, 0.5) is 0 Å². The molecule has 0 unspecified atom stereocenters. The molecule has 0 fully saturated rings. The molecule has 0 bridgehead atoms. The predicted molar refractivity (Wildman–Crippen MR) is 117 cm³/mol. The van der Waals surface area contributed by atoms with Gasteiger partial charge in [-0.2, -0.15) is 0 Å². The third-order valence-electron chi connectivity index (χ3n) is 5.64. The standard InChI is InChI=1S/C22H31N5O2/c1-6-26(7-2)12-9-11-16(4)23-21(28)18-14-17-20(25(18)5)24-19-15(3)10-8-13-27(19)22(17)29/h8,10,13-14,16H,6-7,9,11-12H2,1-5H3,(H,23,28)/t16-/m0/s1. The fraction of sp³-hybridized carbons (Fsp3) is 0.500. The Morgan fingerprint density at radius 3 is 2.69 bits per heavy atom. The highest BCUT2D eigenvalue weighted by atomic mass is 16.2. The number of nitrogens with zero attached hydrogens (tertiary/aromatic N) is 4. The second-order valence-electron chi connectivity index (χ2n) is 7.67. The number of amides is 1. The van der Waals surface area contributed by atoms with Gasteiger partial charge >= 0.3 is 0 Å². The Kier molecular flexibility index (Phi) is 6.37. The number of aromatic nitrogens is 3. The lowest BCUT2D eigenvalue weighted by Gasteiger charge is -2.19. The minimum absolute atomic E-state index is 0.0615. The summed E-state index contributed by atoms with van der Waals surface area (Å²) in [6, 6.07) is 5.46. The zero-order valence-corrected chi connectivity index (χ0v) is 18.0. The average Bonchev–Trinajstić information content (AvgIpc) is 3.03. The molecule has 1 atom stereocenters. The lowest BCUT2D eigenvalue weighted by atomic mass is 10.1. The van der Waals surface area contributed by atoms with E-state index in [0.29, 0.717) is 22.4 Å². The summed E-state index contributed by atoms with van der Waals surface area (Å²) >= 11 is 0. The Bertz CT molecular complexity index is 1080. The maximum Gasteiger partial charge on any atom is 0.268 e. The van der Waals surface area contributed by atoms with E-state index in [1.165, 1.54) is 4.40 Å². The third kappa shape index (κ3) is 4.19. The van der Waals surface area contributed by atoms with Crippen LogP contribution in [-0.4, -0.2) is 50.4 Å². The minimum Gasteiger partial charge on any atom is -0.348 e.